The Kier molecular flexibility index (Phi) is 4.37. The standard InChI is InChI=1S/C16H19ClN2O/c1-16(2,11-18)6-3-7-19-9-12(10-20)14-5-4-13(17)8-15(14)19/h4-5,8-9,20H,3,6-7,10H2,1-2H3. The molecule has 0 saturated carbocycles. The molecule has 106 valence electrons. The zero-order valence-corrected chi connectivity index (χ0v) is 12.6. The largest absolute Gasteiger partial charge is 0.392 e. The van der Waals surface area contributed by atoms with E-state index in [1.807, 2.05) is 38.2 Å². The minimum Gasteiger partial charge on any atom is -0.392 e. The number of aromatic nitrogens is 1. The lowest BCUT2D eigenvalue weighted by Crippen LogP contribution is -2.09. The van der Waals surface area contributed by atoms with E-state index >= 15 is 0 Å². The fourth-order valence-corrected chi connectivity index (χ4v) is 2.57. The molecule has 0 aliphatic carbocycles. The van der Waals surface area contributed by atoms with Crippen LogP contribution in [0.4, 0.5) is 0 Å². The van der Waals surface area contributed by atoms with Gasteiger partial charge in [0.2, 0.25) is 0 Å². The molecule has 0 saturated heterocycles. The third kappa shape index (κ3) is 3.15. The molecule has 0 fully saturated rings. The maximum Gasteiger partial charge on any atom is 0.0702 e. The van der Waals surface area contributed by atoms with Gasteiger partial charge >= 0.3 is 0 Å². The third-order valence-corrected chi connectivity index (χ3v) is 3.84. The highest BCUT2D eigenvalue weighted by Gasteiger charge is 2.16. The quantitative estimate of drug-likeness (QED) is 0.900. The summed E-state index contributed by atoms with van der Waals surface area (Å²) < 4.78 is 2.11. The Labute approximate surface area is 124 Å². The number of aliphatic hydroxyl groups excluding tert-OH is 1. The van der Waals surface area contributed by atoms with Gasteiger partial charge in [0.25, 0.3) is 0 Å². The zero-order chi connectivity index (χ0) is 14.8. The summed E-state index contributed by atoms with van der Waals surface area (Å²) in [7, 11) is 0. The van der Waals surface area contributed by atoms with Crippen molar-refractivity contribution in [3.8, 4) is 6.07 Å². The summed E-state index contributed by atoms with van der Waals surface area (Å²) in [6.45, 7) is 4.75. The number of benzene rings is 1. The van der Waals surface area contributed by atoms with Gasteiger partial charge in [-0.2, -0.15) is 5.26 Å². The summed E-state index contributed by atoms with van der Waals surface area (Å²) in [5.74, 6) is 0. The van der Waals surface area contributed by atoms with Crippen LogP contribution in [0.2, 0.25) is 5.02 Å². The number of rotatable bonds is 5. The van der Waals surface area contributed by atoms with Gasteiger partial charge in [-0.1, -0.05) is 17.7 Å². The van der Waals surface area contributed by atoms with E-state index in [1.165, 1.54) is 0 Å². The Morgan fingerprint density at radius 3 is 2.80 bits per heavy atom. The molecule has 0 aliphatic heterocycles. The predicted molar refractivity (Wildman–Crippen MR) is 81.5 cm³/mol. The van der Waals surface area contributed by atoms with Gasteiger partial charge in [-0.15, -0.1) is 0 Å². The van der Waals surface area contributed by atoms with E-state index in [9.17, 15) is 5.11 Å². The van der Waals surface area contributed by atoms with Gasteiger partial charge in [0.1, 0.15) is 0 Å². The molecule has 0 aliphatic rings. The van der Waals surface area contributed by atoms with E-state index in [1.54, 1.807) is 0 Å². The molecule has 1 aromatic carbocycles. The van der Waals surface area contributed by atoms with E-state index in [0.29, 0.717) is 5.02 Å². The topological polar surface area (TPSA) is 49.0 Å². The minimum atomic E-state index is -0.291. The number of hydrogen-bond donors (Lipinski definition) is 1. The Morgan fingerprint density at radius 1 is 1.40 bits per heavy atom. The lowest BCUT2D eigenvalue weighted by Gasteiger charge is -2.15. The molecule has 0 unspecified atom stereocenters. The Bertz CT molecular complexity index is 652. The molecule has 2 aromatic rings. The average Bonchev–Trinajstić information content (AvgIpc) is 2.76. The number of aryl methyl sites for hydroxylation is 1. The van der Waals surface area contributed by atoms with Crippen LogP contribution in [0.25, 0.3) is 10.9 Å². The van der Waals surface area contributed by atoms with Crippen LogP contribution in [0.15, 0.2) is 24.4 Å². The van der Waals surface area contributed by atoms with Crippen LogP contribution in [0.1, 0.15) is 32.3 Å². The third-order valence-electron chi connectivity index (χ3n) is 3.60. The fraction of sp³-hybridized carbons (Fsp3) is 0.438. The van der Waals surface area contributed by atoms with Crippen molar-refractivity contribution in [1.82, 2.24) is 4.57 Å². The Morgan fingerprint density at radius 2 is 2.15 bits per heavy atom. The molecule has 0 bridgehead atoms. The van der Waals surface area contributed by atoms with Crippen LogP contribution in [0.5, 0.6) is 0 Å². The van der Waals surface area contributed by atoms with Gasteiger partial charge in [-0.3, -0.25) is 0 Å². The highest BCUT2D eigenvalue weighted by molar-refractivity contribution is 6.31. The Balaban J connectivity index is 2.22. The normalized spacial score (nSPS) is 11.8. The number of nitrogens with zero attached hydrogens (tertiary/aromatic N) is 2. The molecule has 0 radical (unpaired) electrons. The zero-order valence-electron chi connectivity index (χ0n) is 11.9. The molecule has 0 amide bonds. The van der Waals surface area contributed by atoms with Gasteiger partial charge in [-0.25, -0.2) is 0 Å². The maximum atomic E-state index is 9.42. The van der Waals surface area contributed by atoms with Crippen LogP contribution < -0.4 is 0 Å². The van der Waals surface area contributed by atoms with Crippen LogP contribution in [0, 0.1) is 16.7 Å². The maximum absolute atomic E-state index is 9.42. The first kappa shape index (κ1) is 14.9. The first-order chi connectivity index (χ1) is 9.46. The summed E-state index contributed by atoms with van der Waals surface area (Å²) in [5.41, 5.74) is 1.66. The van der Waals surface area contributed by atoms with Crippen molar-refractivity contribution in [2.75, 3.05) is 0 Å². The molecule has 0 spiro atoms. The van der Waals surface area contributed by atoms with Crippen molar-refractivity contribution < 1.29 is 5.11 Å². The summed E-state index contributed by atoms with van der Waals surface area (Å²) in [6, 6.07) is 8.02. The fourth-order valence-electron chi connectivity index (χ4n) is 2.40. The molecule has 2 rings (SSSR count). The van der Waals surface area contributed by atoms with Crippen molar-refractivity contribution in [2.45, 2.75) is 39.8 Å². The van der Waals surface area contributed by atoms with Crippen molar-refractivity contribution in [3.05, 3.63) is 35.0 Å². The van der Waals surface area contributed by atoms with Crippen LogP contribution in [-0.4, -0.2) is 9.67 Å². The van der Waals surface area contributed by atoms with Crippen LogP contribution >= 0.6 is 11.6 Å². The summed E-state index contributed by atoms with van der Waals surface area (Å²) in [6.07, 6.45) is 3.74. The lowest BCUT2D eigenvalue weighted by atomic mass is 9.90. The highest BCUT2D eigenvalue weighted by Crippen LogP contribution is 2.27. The number of halogens is 1. The van der Waals surface area contributed by atoms with E-state index in [2.05, 4.69) is 10.6 Å². The second-order valence-corrected chi connectivity index (χ2v) is 6.20. The van der Waals surface area contributed by atoms with E-state index < -0.39 is 0 Å². The monoisotopic (exact) mass is 290 g/mol. The number of fused-ring (bicyclic) bond motifs is 1. The highest BCUT2D eigenvalue weighted by atomic mass is 35.5. The summed E-state index contributed by atoms with van der Waals surface area (Å²) in [5, 5.41) is 20.2. The van der Waals surface area contributed by atoms with Crippen LogP contribution in [-0.2, 0) is 13.2 Å². The molecule has 20 heavy (non-hydrogen) atoms. The lowest BCUT2D eigenvalue weighted by molar-refractivity contribution is 0.283. The number of nitriles is 1. The molecule has 1 heterocycles. The van der Waals surface area contributed by atoms with Crippen molar-refractivity contribution >= 4 is 22.5 Å². The second-order valence-electron chi connectivity index (χ2n) is 5.77. The molecule has 0 atom stereocenters. The van der Waals surface area contributed by atoms with Crippen molar-refractivity contribution in [1.29, 1.82) is 5.26 Å². The van der Waals surface area contributed by atoms with E-state index in [0.717, 1.165) is 35.9 Å². The molecule has 1 aromatic heterocycles. The first-order valence-corrected chi connectivity index (χ1v) is 7.14. The van der Waals surface area contributed by atoms with Crippen molar-refractivity contribution in [3.63, 3.8) is 0 Å². The van der Waals surface area contributed by atoms with Gasteiger partial charge in [0, 0.05) is 34.2 Å². The summed E-state index contributed by atoms with van der Waals surface area (Å²) in [4.78, 5) is 0. The smallest absolute Gasteiger partial charge is 0.0702 e. The van der Waals surface area contributed by atoms with Gasteiger partial charge in [0.05, 0.1) is 18.1 Å². The van der Waals surface area contributed by atoms with Gasteiger partial charge < -0.3 is 9.67 Å². The SMILES string of the molecule is CC(C)(C#N)CCCn1cc(CO)c2ccc(Cl)cc21. The van der Waals surface area contributed by atoms with E-state index in [4.69, 9.17) is 16.9 Å². The molecule has 3 nitrogen and oxygen atoms in total. The molecular weight excluding hydrogens is 272 g/mol. The molecule has 4 heteroatoms. The van der Waals surface area contributed by atoms with Gasteiger partial charge in [0.15, 0.2) is 0 Å². The van der Waals surface area contributed by atoms with E-state index in [-0.39, 0.29) is 12.0 Å². The molecule has 1 N–H and O–H groups in total. The first-order valence-electron chi connectivity index (χ1n) is 6.76. The van der Waals surface area contributed by atoms with Gasteiger partial charge in [-0.05, 0) is 38.8 Å². The summed E-state index contributed by atoms with van der Waals surface area (Å²) >= 11 is 6.05. The Hall–Kier alpha value is -1.50. The predicted octanol–water partition coefficient (Wildman–Crippen LogP) is 4.12. The molecular formula is C16H19ClN2O. The second kappa shape index (κ2) is 5.87. The number of hydrogen-bond acceptors (Lipinski definition) is 2. The minimum absolute atomic E-state index is 0.0226. The number of aliphatic hydroxyl groups is 1. The van der Waals surface area contributed by atoms with Crippen LogP contribution in [0.3, 0.4) is 0 Å². The van der Waals surface area contributed by atoms with Crippen molar-refractivity contribution in [2.24, 2.45) is 5.41 Å². The average molecular weight is 291 g/mol.